The summed E-state index contributed by atoms with van der Waals surface area (Å²) in [5.41, 5.74) is 2.34. The van der Waals surface area contributed by atoms with Crippen molar-refractivity contribution < 1.29 is 0 Å². The van der Waals surface area contributed by atoms with Crippen LogP contribution in [-0.4, -0.2) is 14.5 Å². The van der Waals surface area contributed by atoms with Crippen molar-refractivity contribution in [2.24, 2.45) is 0 Å². The van der Waals surface area contributed by atoms with E-state index in [9.17, 15) is 0 Å². The van der Waals surface area contributed by atoms with E-state index < -0.39 is 0 Å². The van der Waals surface area contributed by atoms with Gasteiger partial charge in [-0.3, -0.25) is 0 Å². The lowest BCUT2D eigenvalue weighted by Crippen LogP contribution is -2.04. The zero-order valence-electron chi connectivity index (χ0n) is 12.6. The van der Waals surface area contributed by atoms with Crippen LogP contribution in [0.25, 0.3) is 10.9 Å². The molecule has 2 heterocycles. The van der Waals surface area contributed by atoms with Crippen LogP contribution in [0, 0.1) is 6.92 Å². The van der Waals surface area contributed by atoms with Gasteiger partial charge in [-0.25, -0.2) is 9.97 Å². The van der Waals surface area contributed by atoms with Crippen LogP contribution >= 0.6 is 11.8 Å². The maximum absolute atomic E-state index is 4.74. The summed E-state index contributed by atoms with van der Waals surface area (Å²) in [6, 6.07) is 10.9. The molecule has 0 N–H and O–H groups in total. The van der Waals surface area contributed by atoms with E-state index in [4.69, 9.17) is 4.98 Å². The zero-order chi connectivity index (χ0) is 14.8. The molecule has 0 aliphatic carbocycles. The van der Waals surface area contributed by atoms with Gasteiger partial charge in [0.25, 0.3) is 0 Å². The predicted octanol–water partition coefficient (Wildman–Crippen LogP) is 4.61. The third kappa shape index (κ3) is 2.95. The molecule has 1 aromatic carbocycles. The molecule has 21 heavy (non-hydrogen) atoms. The van der Waals surface area contributed by atoms with Crippen LogP contribution in [-0.2, 0) is 5.75 Å². The number of imidazole rings is 1. The van der Waals surface area contributed by atoms with Crippen LogP contribution in [0.1, 0.15) is 31.3 Å². The number of aryl methyl sites for hydroxylation is 1. The number of hydrogen-bond acceptors (Lipinski definition) is 3. The first kappa shape index (κ1) is 14.1. The third-order valence-corrected chi connectivity index (χ3v) is 4.46. The van der Waals surface area contributed by atoms with Gasteiger partial charge >= 0.3 is 0 Å². The fourth-order valence-corrected chi connectivity index (χ4v) is 3.38. The largest absolute Gasteiger partial charge is 0.332 e. The molecule has 0 fully saturated rings. The Kier molecular flexibility index (Phi) is 3.97. The van der Waals surface area contributed by atoms with Crippen LogP contribution in [0.3, 0.4) is 0 Å². The Balaban J connectivity index is 1.84. The number of aromatic nitrogens is 3. The average molecular weight is 297 g/mol. The average Bonchev–Trinajstić information content (AvgIpc) is 2.94. The summed E-state index contributed by atoms with van der Waals surface area (Å²) >= 11 is 1.74. The van der Waals surface area contributed by atoms with Gasteiger partial charge in [0.15, 0.2) is 0 Å². The van der Waals surface area contributed by atoms with E-state index >= 15 is 0 Å². The van der Waals surface area contributed by atoms with E-state index in [1.54, 1.807) is 11.8 Å². The fourth-order valence-electron chi connectivity index (χ4n) is 2.46. The van der Waals surface area contributed by atoms with Crippen molar-refractivity contribution in [2.75, 3.05) is 0 Å². The number of nitrogens with zero attached hydrogens (tertiary/aromatic N) is 3. The van der Waals surface area contributed by atoms with Crippen LogP contribution < -0.4 is 0 Å². The summed E-state index contributed by atoms with van der Waals surface area (Å²) in [4.78, 5) is 9.19. The Bertz CT molecular complexity index is 762. The molecule has 3 rings (SSSR count). The lowest BCUT2D eigenvalue weighted by molar-refractivity contribution is 0.580. The summed E-state index contributed by atoms with van der Waals surface area (Å²) in [6.07, 6.45) is 3.91. The van der Waals surface area contributed by atoms with Gasteiger partial charge in [0, 0.05) is 23.8 Å². The van der Waals surface area contributed by atoms with Crippen LogP contribution in [0.4, 0.5) is 0 Å². The van der Waals surface area contributed by atoms with E-state index in [1.165, 1.54) is 10.9 Å². The topological polar surface area (TPSA) is 30.7 Å². The summed E-state index contributed by atoms with van der Waals surface area (Å²) in [7, 11) is 0. The van der Waals surface area contributed by atoms with Gasteiger partial charge < -0.3 is 4.57 Å². The molecule has 0 saturated carbocycles. The maximum atomic E-state index is 4.74. The minimum absolute atomic E-state index is 0.439. The van der Waals surface area contributed by atoms with Gasteiger partial charge in [-0.15, -0.1) is 0 Å². The van der Waals surface area contributed by atoms with Crippen molar-refractivity contribution >= 4 is 22.7 Å². The molecule has 0 atom stereocenters. The lowest BCUT2D eigenvalue weighted by atomic mass is 10.1. The summed E-state index contributed by atoms with van der Waals surface area (Å²) in [6.45, 7) is 6.49. The van der Waals surface area contributed by atoms with Gasteiger partial charge in [0.1, 0.15) is 5.82 Å². The van der Waals surface area contributed by atoms with Crippen molar-refractivity contribution in [1.29, 1.82) is 0 Å². The Morgan fingerprint density at radius 1 is 1.24 bits per heavy atom. The number of para-hydroxylation sites is 1. The SMILES string of the molecule is Cc1cc(SCc2nccn2C(C)C)nc2ccccc12. The van der Waals surface area contributed by atoms with E-state index in [0.29, 0.717) is 6.04 Å². The van der Waals surface area contributed by atoms with Crippen molar-refractivity contribution in [1.82, 2.24) is 14.5 Å². The zero-order valence-corrected chi connectivity index (χ0v) is 13.4. The van der Waals surface area contributed by atoms with Gasteiger partial charge in [-0.05, 0) is 38.5 Å². The van der Waals surface area contributed by atoms with Gasteiger partial charge in [0.05, 0.1) is 16.3 Å². The second-order valence-corrected chi connectivity index (χ2v) is 6.42. The molecule has 0 aliphatic heterocycles. The number of pyridine rings is 1. The monoisotopic (exact) mass is 297 g/mol. The summed E-state index contributed by atoms with van der Waals surface area (Å²) < 4.78 is 2.21. The Labute approximate surface area is 129 Å². The predicted molar refractivity (Wildman–Crippen MR) is 88.7 cm³/mol. The summed E-state index contributed by atoms with van der Waals surface area (Å²) in [5.74, 6) is 1.94. The van der Waals surface area contributed by atoms with Crippen LogP contribution in [0.5, 0.6) is 0 Å². The lowest BCUT2D eigenvalue weighted by Gasteiger charge is -2.11. The highest BCUT2D eigenvalue weighted by atomic mass is 32.2. The van der Waals surface area contributed by atoms with Crippen molar-refractivity contribution in [2.45, 2.75) is 37.6 Å². The summed E-state index contributed by atoms with van der Waals surface area (Å²) in [5, 5.41) is 2.29. The van der Waals surface area contributed by atoms with Crippen molar-refractivity contribution in [3.63, 3.8) is 0 Å². The van der Waals surface area contributed by atoms with Crippen molar-refractivity contribution in [3.05, 3.63) is 54.1 Å². The van der Waals surface area contributed by atoms with Gasteiger partial charge in [-0.2, -0.15) is 0 Å². The van der Waals surface area contributed by atoms with Gasteiger partial charge in [-0.1, -0.05) is 30.0 Å². The second-order valence-electron chi connectivity index (χ2n) is 5.43. The quantitative estimate of drug-likeness (QED) is 0.659. The van der Waals surface area contributed by atoms with Crippen LogP contribution in [0.2, 0.25) is 0 Å². The minimum atomic E-state index is 0.439. The molecule has 3 aromatic rings. The molecule has 108 valence electrons. The fraction of sp³-hybridized carbons (Fsp3) is 0.294. The molecule has 0 aliphatic rings. The molecule has 2 aromatic heterocycles. The standard InChI is InChI=1S/C17H19N3S/c1-12(2)20-9-8-18-16(20)11-21-17-10-13(3)14-6-4-5-7-15(14)19-17/h4-10,12H,11H2,1-3H3. The first-order valence-corrected chi connectivity index (χ1v) is 8.14. The van der Waals surface area contributed by atoms with Crippen molar-refractivity contribution in [3.8, 4) is 0 Å². The number of rotatable bonds is 4. The van der Waals surface area contributed by atoms with E-state index in [-0.39, 0.29) is 0 Å². The number of thioether (sulfide) groups is 1. The molecule has 0 radical (unpaired) electrons. The number of fused-ring (bicyclic) bond motifs is 1. The Morgan fingerprint density at radius 3 is 2.86 bits per heavy atom. The smallest absolute Gasteiger partial charge is 0.119 e. The molecule has 0 amide bonds. The highest BCUT2D eigenvalue weighted by Crippen LogP contribution is 2.26. The molecular weight excluding hydrogens is 278 g/mol. The Hall–Kier alpha value is -1.81. The first-order valence-electron chi connectivity index (χ1n) is 7.16. The molecule has 3 nitrogen and oxygen atoms in total. The minimum Gasteiger partial charge on any atom is -0.332 e. The highest BCUT2D eigenvalue weighted by molar-refractivity contribution is 7.98. The maximum Gasteiger partial charge on any atom is 0.119 e. The Morgan fingerprint density at radius 2 is 2.05 bits per heavy atom. The molecular formula is C17H19N3S. The third-order valence-electron chi connectivity index (χ3n) is 3.55. The number of benzene rings is 1. The van der Waals surface area contributed by atoms with E-state index in [2.05, 4.69) is 54.6 Å². The molecule has 0 unspecified atom stereocenters. The normalized spacial score (nSPS) is 11.4. The molecule has 0 bridgehead atoms. The van der Waals surface area contributed by atoms with E-state index in [0.717, 1.165) is 22.1 Å². The number of hydrogen-bond donors (Lipinski definition) is 0. The first-order chi connectivity index (χ1) is 10.1. The second kappa shape index (κ2) is 5.90. The van der Waals surface area contributed by atoms with Crippen LogP contribution in [0.15, 0.2) is 47.8 Å². The van der Waals surface area contributed by atoms with Gasteiger partial charge in [0.2, 0.25) is 0 Å². The molecule has 0 spiro atoms. The molecule has 4 heteroatoms. The molecule has 0 saturated heterocycles. The van der Waals surface area contributed by atoms with E-state index in [1.807, 2.05) is 18.5 Å². The highest BCUT2D eigenvalue weighted by Gasteiger charge is 2.08.